The molecule has 2 heteroatoms. The van der Waals surface area contributed by atoms with Gasteiger partial charge in [0.2, 0.25) is 0 Å². The topological polar surface area (TPSA) is 6.48 Å². The van der Waals surface area contributed by atoms with Gasteiger partial charge in [-0.25, -0.2) is 0 Å². The van der Waals surface area contributed by atoms with Crippen LogP contribution in [-0.2, 0) is 0 Å². The molecule has 0 atom stereocenters. The molecular weight excluding hydrogens is 581 g/mol. The van der Waals surface area contributed by atoms with Crippen LogP contribution in [0.4, 0.5) is 34.1 Å². The summed E-state index contributed by atoms with van der Waals surface area (Å²) in [4.78, 5) is 4.89. The van der Waals surface area contributed by atoms with Gasteiger partial charge in [-0.3, -0.25) is 0 Å². The highest BCUT2D eigenvalue weighted by molar-refractivity contribution is 6.14. The van der Waals surface area contributed by atoms with Crippen molar-refractivity contribution in [1.82, 2.24) is 0 Å². The average Bonchev–Trinajstić information content (AvgIpc) is 3.12. The Morgan fingerprint density at radius 2 is 0.479 bits per heavy atom. The summed E-state index contributed by atoms with van der Waals surface area (Å²) < 4.78 is 0. The lowest BCUT2D eigenvalue weighted by molar-refractivity contribution is 1.20. The van der Waals surface area contributed by atoms with Gasteiger partial charge in [0.1, 0.15) is 0 Å². The summed E-state index contributed by atoms with van der Waals surface area (Å²) >= 11 is 0. The second-order valence-corrected chi connectivity index (χ2v) is 13.2. The molecule has 7 rings (SSSR count). The Balaban J connectivity index is 1.58. The maximum atomic E-state index is 2.44. The Bertz CT molecular complexity index is 2040. The lowest BCUT2D eigenvalue weighted by Gasteiger charge is -2.33. The van der Waals surface area contributed by atoms with Crippen molar-refractivity contribution in [1.29, 1.82) is 0 Å². The highest BCUT2D eigenvalue weighted by Gasteiger charge is 2.27. The fourth-order valence-electron chi connectivity index (χ4n) is 8.20. The molecule has 0 fully saturated rings. The van der Waals surface area contributed by atoms with Gasteiger partial charge in [-0.2, -0.15) is 0 Å². The largest absolute Gasteiger partial charge is 0.310 e. The fraction of sp³-hybridized carbons (Fsp3) is 0.174. The zero-order chi connectivity index (χ0) is 33.7. The van der Waals surface area contributed by atoms with E-state index in [1.165, 1.54) is 100 Å². The Labute approximate surface area is 285 Å². The van der Waals surface area contributed by atoms with Crippen LogP contribution in [0.2, 0.25) is 0 Å². The minimum Gasteiger partial charge on any atom is -0.310 e. The standard InChI is InChI=1S/C46H44N2/c1-29-31(3)45(47(37-21-13-9-14-22-37)38-23-15-10-16-24-38)35(7)43-34(6)42-30(2)32(4)46(36(8)44(42)33(5)41(29)43)48(39-25-17-11-18-26-39)40-27-19-12-20-28-40/h9-28H,1-8H3. The normalized spacial score (nSPS) is 11.3. The maximum Gasteiger partial charge on any atom is 0.0529 e. The molecule has 0 aliphatic rings. The molecule has 0 bridgehead atoms. The van der Waals surface area contributed by atoms with Crippen LogP contribution in [0.15, 0.2) is 121 Å². The number of fused-ring (bicyclic) bond motifs is 2. The van der Waals surface area contributed by atoms with Crippen molar-refractivity contribution < 1.29 is 0 Å². The van der Waals surface area contributed by atoms with E-state index >= 15 is 0 Å². The molecule has 0 aliphatic carbocycles. The Hall–Kier alpha value is -5.34. The van der Waals surface area contributed by atoms with Crippen molar-refractivity contribution in [2.24, 2.45) is 0 Å². The van der Waals surface area contributed by atoms with Crippen molar-refractivity contribution in [2.75, 3.05) is 9.80 Å². The molecule has 0 aliphatic heterocycles. The van der Waals surface area contributed by atoms with E-state index in [4.69, 9.17) is 0 Å². The van der Waals surface area contributed by atoms with E-state index in [9.17, 15) is 0 Å². The van der Waals surface area contributed by atoms with Gasteiger partial charge in [-0.1, -0.05) is 72.8 Å². The van der Waals surface area contributed by atoms with E-state index in [0.717, 1.165) is 0 Å². The van der Waals surface area contributed by atoms with Gasteiger partial charge >= 0.3 is 0 Å². The van der Waals surface area contributed by atoms with Crippen LogP contribution in [0, 0.1) is 55.4 Å². The van der Waals surface area contributed by atoms with Crippen LogP contribution in [0.25, 0.3) is 21.5 Å². The Morgan fingerprint density at radius 3 is 0.729 bits per heavy atom. The third-order valence-electron chi connectivity index (χ3n) is 10.6. The molecule has 48 heavy (non-hydrogen) atoms. The third kappa shape index (κ3) is 4.86. The number of benzene rings is 7. The van der Waals surface area contributed by atoms with Gasteiger partial charge < -0.3 is 9.80 Å². The van der Waals surface area contributed by atoms with Gasteiger partial charge in [-0.15, -0.1) is 0 Å². The molecule has 0 saturated heterocycles. The van der Waals surface area contributed by atoms with E-state index in [0.29, 0.717) is 0 Å². The van der Waals surface area contributed by atoms with Crippen LogP contribution < -0.4 is 9.80 Å². The van der Waals surface area contributed by atoms with Crippen LogP contribution in [-0.4, -0.2) is 0 Å². The van der Waals surface area contributed by atoms with Crippen LogP contribution >= 0.6 is 0 Å². The SMILES string of the molecule is Cc1c(N(c2ccccc2)c2ccccc2)c(C)c2c(C)c3c(C)c(C)c(N(c4ccccc4)c4ccccc4)c(C)c3c(C)c2c1C. The molecular formula is C46H44N2. The van der Waals surface area contributed by atoms with Crippen molar-refractivity contribution in [3.05, 3.63) is 166 Å². The quantitative estimate of drug-likeness (QED) is 0.170. The lowest BCUT2D eigenvalue weighted by Crippen LogP contribution is -2.15. The molecule has 0 amide bonds. The minimum absolute atomic E-state index is 1.17. The number of para-hydroxylation sites is 4. The van der Waals surface area contributed by atoms with Gasteiger partial charge in [0.25, 0.3) is 0 Å². The van der Waals surface area contributed by atoms with Gasteiger partial charge in [0, 0.05) is 22.7 Å². The predicted molar refractivity (Wildman–Crippen MR) is 209 cm³/mol. The van der Waals surface area contributed by atoms with E-state index in [2.05, 4.69) is 187 Å². The van der Waals surface area contributed by atoms with E-state index < -0.39 is 0 Å². The first kappa shape index (κ1) is 31.3. The molecule has 0 unspecified atom stereocenters. The fourth-order valence-corrected chi connectivity index (χ4v) is 8.20. The summed E-state index contributed by atoms with van der Waals surface area (Å²) in [5.74, 6) is 0. The highest BCUT2D eigenvalue weighted by Crippen LogP contribution is 2.50. The zero-order valence-electron chi connectivity index (χ0n) is 29.4. The molecule has 0 heterocycles. The van der Waals surface area contributed by atoms with Crippen LogP contribution in [0.5, 0.6) is 0 Å². The first-order chi connectivity index (χ1) is 23.2. The summed E-state index contributed by atoms with van der Waals surface area (Å²) in [5, 5.41) is 5.49. The van der Waals surface area contributed by atoms with Crippen molar-refractivity contribution in [2.45, 2.75) is 55.4 Å². The molecule has 7 aromatic carbocycles. The second-order valence-electron chi connectivity index (χ2n) is 13.2. The summed E-state index contributed by atoms with van der Waals surface area (Å²) in [5.41, 5.74) is 17.8. The molecule has 0 aromatic heterocycles. The highest BCUT2D eigenvalue weighted by atomic mass is 15.2. The summed E-state index contributed by atoms with van der Waals surface area (Å²) in [6.07, 6.45) is 0. The number of aryl methyl sites for hydroxylation is 6. The average molecular weight is 625 g/mol. The number of anilines is 6. The van der Waals surface area contributed by atoms with E-state index in [1.807, 2.05) is 0 Å². The molecule has 0 spiro atoms. The number of rotatable bonds is 6. The van der Waals surface area contributed by atoms with Crippen molar-refractivity contribution >= 4 is 55.7 Å². The second kappa shape index (κ2) is 12.4. The summed E-state index contributed by atoms with van der Waals surface area (Å²) in [6, 6.07) is 43.2. The molecule has 238 valence electrons. The van der Waals surface area contributed by atoms with E-state index in [1.54, 1.807) is 0 Å². The summed E-state index contributed by atoms with van der Waals surface area (Å²) in [7, 11) is 0. The Morgan fingerprint density at radius 1 is 0.250 bits per heavy atom. The molecule has 2 nitrogen and oxygen atoms in total. The first-order valence-electron chi connectivity index (χ1n) is 17.0. The monoisotopic (exact) mass is 624 g/mol. The maximum absolute atomic E-state index is 2.44. The number of nitrogens with zero attached hydrogens (tertiary/aromatic N) is 2. The molecule has 0 N–H and O–H groups in total. The van der Waals surface area contributed by atoms with E-state index in [-0.39, 0.29) is 0 Å². The minimum atomic E-state index is 1.17. The van der Waals surface area contributed by atoms with Crippen molar-refractivity contribution in [3.8, 4) is 0 Å². The summed E-state index contributed by atoms with van der Waals surface area (Å²) in [6.45, 7) is 18.6. The predicted octanol–water partition coefficient (Wildman–Crippen LogP) is 13.4. The zero-order valence-corrected chi connectivity index (χ0v) is 29.4. The lowest BCUT2D eigenvalue weighted by atomic mass is 9.81. The third-order valence-corrected chi connectivity index (χ3v) is 10.6. The number of hydrogen-bond donors (Lipinski definition) is 0. The molecule has 0 saturated carbocycles. The van der Waals surface area contributed by atoms with Gasteiger partial charge in [0.15, 0.2) is 0 Å². The van der Waals surface area contributed by atoms with Crippen molar-refractivity contribution in [3.63, 3.8) is 0 Å². The number of hydrogen-bond acceptors (Lipinski definition) is 2. The smallest absolute Gasteiger partial charge is 0.0529 e. The Kier molecular flexibility index (Phi) is 8.05. The van der Waals surface area contributed by atoms with Gasteiger partial charge in [-0.05, 0) is 170 Å². The van der Waals surface area contributed by atoms with Crippen LogP contribution in [0.1, 0.15) is 44.5 Å². The molecule has 0 radical (unpaired) electrons. The first-order valence-corrected chi connectivity index (χ1v) is 17.0. The molecule has 7 aromatic rings. The van der Waals surface area contributed by atoms with Gasteiger partial charge in [0.05, 0.1) is 11.4 Å². The van der Waals surface area contributed by atoms with Crippen LogP contribution in [0.3, 0.4) is 0 Å².